The minimum Gasteiger partial charge on any atom is -0.316 e. The maximum absolute atomic E-state index is 3.70. The van der Waals surface area contributed by atoms with Crippen molar-refractivity contribution < 1.29 is 0 Å². The van der Waals surface area contributed by atoms with Crippen LogP contribution in [0.2, 0.25) is 0 Å². The van der Waals surface area contributed by atoms with E-state index >= 15 is 0 Å². The first-order valence-electron chi connectivity index (χ1n) is 10.6. The standard InChI is InChI=1S/C27H33N/c1-22-12-16-24(17-13-22)9-5-4-8-20-28-21-27(25-10-6-3-7-11-25)26-18-14-23(2)15-19-26/h3,6-7,10-19,27-28H,4-5,8-9,20-21H2,1-2H3. The third-order valence-electron chi connectivity index (χ3n) is 5.47. The number of rotatable bonds is 10. The molecule has 0 bridgehead atoms. The predicted molar refractivity (Wildman–Crippen MR) is 121 cm³/mol. The normalized spacial score (nSPS) is 12.1. The van der Waals surface area contributed by atoms with Crippen LogP contribution in [0.15, 0.2) is 78.9 Å². The second-order valence-electron chi connectivity index (χ2n) is 7.87. The van der Waals surface area contributed by atoms with Crippen LogP contribution >= 0.6 is 0 Å². The fourth-order valence-corrected chi connectivity index (χ4v) is 3.67. The second kappa shape index (κ2) is 10.8. The molecule has 0 aliphatic rings. The maximum atomic E-state index is 3.70. The molecule has 3 aromatic carbocycles. The minimum atomic E-state index is 0.411. The van der Waals surface area contributed by atoms with E-state index < -0.39 is 0 Å². The summed E-state index contributed by atoms with van der Waals surface area (Å²) >= 11 is 0. The molecule has 1 atom stereocenters. The second-order valence-corrected chi connectivity index (χ2v) is 7.87. The SMILES string of the molecule is Cc1ccc(CCCCCNCC(c2ccccc2)c2ccc(C)cc2)cc1. The minimum absolute atomic E-state index is 0.411. The number of aryl methyl sites for hydroxylation is 3. The molecule has 0 fully saturated rings. The molecule has 0 saturated heterocycles. The van der Waals surface area contributed by atoms with Crippen molar-refractivity contribution in [2.75, 3.05) is 13.1 Å². The summed E-state index contributed by atoms with van der Waals surface area (Å²) in [7, 11) is 0. The average Bonchev–Trinajstić information content (AvgIpc) is 2.73. The van der Waals surface area contributed by atoms with E-state index in [1.807, 2.05) is 0 Å². The molecule has 0 aliphatic heterocycles. The summed E-state index contributed by atoms with van der Waals surface area (Å²) in [5, 5.41) is 3.70. The third kappa shape index (κ3) is 6.35. The van der Waals surface area contributed by atoms with Gasteiger partial charge < -0.3 is 5.32 Å². The van der Waals surface area contributed by atoms with Crippen LogP contribution in [-0.4, -0.2) is 13.1 Å². The van der Waals surface area contributed by atoms with E-state index in [4.69, 9.17) is 0 Å². The quantitative estimate of drug-likeness (QED) is 0.404. The molecule has 146 valence electrons. The van der Waals surface area contributed by atoms with E-state index in [0.717, 1.165) is 13.1 Å². The van der Waals surface area contributed by atoms with Crippen LogP contribution in [0.4, 0.5) is 0 Å². The molecule has 1 heteroatoms. The lowest BCUT2D eigenvalue weighted by atomic mass is 9.90. The van der Waals surface area contributed by atoms with Gasteiger partial charge in [0.1, 0.15) is 0 Å². The molecule has 0 saturated carbocycles. The molecule has 1 unspecified atom stereocenters. The zero-order valence-corrected chi connectivity index (χ0v) is 17.3. The van der Waals surface area contributed by atoms with Crippen LogP contribution in [-0.2, 0) is 6.42 Å². The van der Waals surface area contributed by atoms with Gasteiger partial charge in [-0.25, -0.2) is 0 Å². The van der Waals surface area contributed by atoms with E-state index in [9.17, 15) is 0 Å². The first kappa shape index (κ1) is 20.4. The number of hydrogen-bond acceptors (Lipinski definition) is 1. The van der Waals surface area contributed by atoms with Crippen molar-refractivity contribution in [3.05, 3.63) is 107 Å². The summed E-state index contributed by atoms with van der Waals surface area (Å²) in [4.78, 5) is 0. The molecule has 3 rings (SSSR count). The molecule has 0 radical (unpaired) electrons. The van der Waals surface area contributed by atoms with E-state index in [0.29, 0.717) is 5.92 Å². The Morgan fingerprint density at radius 2 is 1.25 bits per heavy atom. The summed E-state index contributed by atoms with van der Waals surface area (Å²) in [6.45, 7) is 6.37. The highest BCUT2D eigenvalue weighted by Crippen LogP contribution is 2.24. The number of benzene rings is 3. The van der Waals surface area contributed by atoms with Crippen molar-refractivity contribution in [2.45, 2.75) is 45.4 Å². The lowest BCUT2D eigenvalue weighted by molar-refractivity contribution is 0.582. The lowest BCUT2D eigenvalue weighted by Gasteiger charge is -2.19. The van der Waals surface area contributed by atoms with Crippen molar-refractivity contribution in [1.29, 1.82) is 0 Å². The predicted octanol–water partition coefficient (Wildman–Crippen LogP) is 6.44. The third-order valence-corrected chi connectivity index (χ3v) is 5.47. The average molecular weight is 372 g/mol. The van der Waals surface area contributed by atoms with Crippen LogP contribution < -0.4 is 5.32 Å². The molecular weight excluding hydrogens is 338 g/mol. The van der Waals surface area contributed by atoms with E-state index in [-0.39, 0.29) is 0 Å². The van der Waals surface area contributed by atoms with Gasteiger partial charge in [-0.3, -0.25) is 0 Å². The van der Waals surface area contributed by atoms with Gasteiger partial charge in [-0.05, 0) is 56.3 Å². The molecule has 1 N–H and O–H groups in total. The summed E-state index contributed by atoms with van der Waals surface area (Å²) < 4.78 is 0. The Balaban J connectivity index is 1.44. The summed E-state index contributed by atoms with van der Waals surface area (Å²) in [6, 6.07) is 28.8. The first-order chi connectivity index (χ1) is 13.7. The van der Waals surface area contributed by atoms with Crippen molar-refractivity contribution in [1.82, 2.24) is 5.32 Å². The van der Waals surface area contributed by atoms with Gasteiger partial charge in [0, 0.05) is 12.5 Å². The highest BCUT2D eigenvalue weighted by Gasteiger charge is 2.13. The summed E-state index contributed by atoms with van der Waals surface area (Å²) in [6.07, 6.45) is 4.98. The molecule has 3 aromatic rings. The number of hydrogen-bond donors (Lipinski definition) is 1. The fourth-order valence-electron chi connectivity index (χ4n) is 3.67. The molecule has 0 heterocycles. The van der Waals surface area contributed by atoms with Gasteiger partial charge in [0.2, 0.25) is 0 Å². The maximum Gasteiger partial charge on any atom is 0.0214 e. The van der Waals surface area contributed by atoms with Gasteiger partial charge in [0.25, 0.3) is 0 Å². The van der Waals surface area contributed by atoms with Crippen LogP contribution in [0.3, 0.4) is 0 Å². The van der Waals surface area contributed by atoms with E-state index in [2.05, 4.69) is 98.0 Å². The van der Waals surface area contributed by atoms with Crippen LogP contribution in [0.25, 0.3) is 0 Å². The molecule has 28 heavy (non-hydrogen) atoms. The largest absolute Gasteiger partial charge is 0.316 e. The number of unbranched alkanes of at least 4 members (excludes halogenated alkanes) is 2. The zero-order chi connectivity index (χ0) is 19.6. The topological polar surface area (TPSA) is 12.0 Å². The van der Waals surface area contributed by atoms with Crippen LogP contribution in [0.5, 0.6) is 0 Å². The molecule has 0 aliphatic carbocycles. The van der Waals surface area contributed by atoms with Gasteiger partial charge >= 0.3 is 0 Å². The van der Waals surface area contributed by atoms with Crippen LogP contribution in [0, 0.1) is 13.8 Å². The van der Waals surface area contributed by atoms with Crippen molar-refractivity contribution in [3.8, 4) is 0 Å². The van der Waals surface area contributed by atoms with E-state index in [1.54, 1.807) is 0 Å². The van der Waals surface area contributed by atoms with Crippen molar-refractivity contribution in [3.63, 3.8) is 0 Å². The van der Waals surface area contributed by atoms with Gasteiger partial charge in [-0.2, -0.15) is 0 Å². The Hall–Kier alpha value is -2.38. The highest BCUT2D eigenvalue weighted by atomic mass is 14.9. The van der Waals surface area contributed by atoms with Gasteiger partial charge in [0.05, 0.1) is 0 Å². The highest BCUT2D eigenvalue weighted by molar-refractivity contribution is 5.34. The Morgan fingerprint density at radius 3 is 1.93 bits per heavy atom. The Kier molecular flexibility index (Phi) is 7.87. The van der Waals surface area contributed by atoms with Crippen molar-refractivity contribution >= 4 is 0 Å². The Labute approximate surface area is 170 Å². The van der Waals surface area contributed by atoms with Crippen LogP contribution in [0.1, 0.15) is 53.0 Å². The lowest BCUT2D eigenvalue weighted by Crippen LogP contribution is -2.23. The molecular formula is C27H33N. The molecule has 1 nitrogen and oxygen atoms in total. The Bertz CT molecular complexity index is 803. The van der Waals surface area contributed by atoms with E-state index in [1.165, 1.54) is 53.5 Å². The monoisotopic (exact) mass is 371 g/mol. The smallest absolute Gasteiger partial charge is 0.0214 e. The molecule has 0 spiro atoms. The van der Waals surface area contributed by atoms with Gasteiger partial charge in [-0.1, -0.05) is 96.4 Å². The molecule has 0 aromatic heterocycles. The zero-order valence-electron chi connectivity index (χ0n) is 17.3. The fraction of sp³-hybridized carbons (Fsp3) is 0.333. The first-order valence-corrected chi connectivity index (χ1v) is 10.6. The number of nitrogens with one attached hydrogen (secondary N) is 1. The van der Waals surface area contributed by atoms with Crippen molar-refractivity contribution in [2.24, 2.45) is 0 Å². The Morgan fingerprint density at radius 1 is 0.643 bits per heavy atom. The van der Waals surface area contributed by atoms with Gasteiger partial charge in [-0.15, -0.1) is 0 Å². The summed E-state index contributed by atoms with van der Waals surface area (Å²) in [5.41, 5.74) is 6.90. The van der Waals surface area contributed by atoms with Gasteiger partial charge in [0.15, 0.2) is 0 Å². The molecule has 0 amide bonds. The summed E-state index contributed by atoms with van der Waals surface area (Å²) in [5.74, 6) is 0.411.